The molecule has 0 radical (unpaired) electrons. The second kappa shape index (κ2) is 4.05. The maximum absolute atomic E-state index is 12.4. The quantitative estimate of drug-likeness (QED) is 0.576. The van der Waals surface area contributed by atoms with Crippen LogP contribution in [0, 0.1) is 5.82 Å². The highest BCUT2D eigenvalue weighted by Crippen LogP contribution is 2.08. The molecule has 0 spiro atoms. The number of hydrogen-bond acceptors (Lipinski definition) is 4. The Morgan fingerprint density at radius 2 is 1.73 bits per heavy atom. The summed E-state index contributed by atoms with van der Waals surface area (Å²) in [6.45, 7) is 0. The first kappa shape index (κ1) is 11.8. The van der Waals surface area contributed by atoms with Gasteiger partial charge in [0.15, 0.2) is 0 Å². The molecular formula is C8H7FO5S. The molecular weight excluding hydrogens is 227 g/mol. The van der Waals surface area contributed by atoms with Crippen molar-refractivity contribution in [2.45, 2.75) is 5.44 Å². The highest BCUT2D eigenvalue weighted by atomic mass is 32.2. The van der Waals surface area contributed by atoms with Crippen LogP contribution >= 0.6 is 0 Å². The fourth-order valence-corrected chi connectivity index (χ4v) is 1.30. The van der Waals surface area contributed by atoms with Gasteiger partial charge in [0.25, 0.3) is 10.1 Å². The summed E-state index contributed by atoms with van der Waals surface area (Å²) in [7, 11) is -4.85. The fourth-order valence-electron chi connectivity index (χ4n) is 0.892. The Morgan fingerprint density at radius 3 is 2.13 bits per heavy atom. The number of benzene rings is 1. The van der Waals surface area contributed by atoms with Crippen molar-refractivity contribution < 1.29 is 27.3 Å². The Labute approximate surface area is 84.9 Å². The molecule has 0 saturated carbocycles. The molecule has 1 atom stereocenters. The van der Waals surface area contributed by atoms with Gasteiger partial charge in [-0.15, -0.1) is 0 Å². The van der Waals surface area contributed by atoms with Gasteiger partial charge in [-0.2, -0.15) is 8.42 Å². The van der Waals surface area contributed by atoms with E-state index in [-0.39, 0.29) is 5.56 Å². The molecule has 0 aliphatic carbocycles. The van der Waals surface area contributed by atoms with Crippen LogP contribution in [0.15, 0.2) is 24.3 Å². The Hall–Kier alpha value is -1.31. The van der Waals surface area contributed by atoms with Crippen molar-refractivity contribution in [1.82, 2.24) is 0 Å². The summed E-state index contributed by atoms with van der Waals surface area (Å²) >= 11 is 0. The van der Waals surface area contributed by atoms with Crippen LogP contribution in [0.25, 0.3) is 0 Å². The fraction of sp³-hybridized carbons (Fsp3) is 0.125. The molecule has 0 aromatic heterocycles. The summed E-state index contributed by atoms with van der Waals surface area (Å²) < 4.78 is 41.7. The van der Waals surface area contributed by atoms with Gasteiger partial charge >= 0.3 is 0 Å². The van der Waals surface area contributed by atoms with E-state index in [1.165, 1.54) is 0 Å². The predicted molar refractivity (Wildman–Crippen MR) is 48.3 cm³/mol. The van der Waals surface area contributed by atoms with E-state index in [4.69, 9.17) is 9.66 Å². The van der Waals surface area contributed by atoms with Crippen molar-refractivity contribution in [2.75, 3.05) is 0 Å². The average molecular weight is 234 g/mol. The van der Waals surface area contributed by atoms with Gasteiger partial charge in [-0.3, -0.25) is 9.35 Å². The van der Waals surface area contributed by atoms with Crippen LogP contribution in [0.3, 0.4) is 0 Å². The standard InChI is InChI=1S/C8H7FO5S/c9-6-3-1-5(2-4-6)7(10)8(11)15(12,13)14/h1-4,8,11H,(H,12,13,14). The summed E-state index contributed by atoms with van der Waals surface area (Å²) in [4.78, 5) is 11.2. The molecule has 1 rings (SSSR count). The first-order valence-electron chi connectivity index (χ1n) is 3.76. The van der Waals surface area contributed by atoms with Crippen molar-refractivity contribution in [1.29, 1.82) is 0 Å². The van der Waals surface area contributed by atoms with Gasteiger partial charge in [0.1, 0.15) is 5.82 Å². The van der Waals surface area contributed by atoms with E-state index < -0.39 is 27.2 Å². The van der Waals surface area contributed by atoms with Gasteiger partial charge < -0.3 is 5.11 Å². The van der Waals surface area contributed by atoms with Gasteiger partial charge in [-0.25, -0.2) is 4.39 Å². The summed E-state index contributed by atoms with van der Waals surface area (Å²) in [5.41, 5.74) is -2.75. The van der Waals surface area contributed by atoms with Gasteiger partial charge in [0, 0.05) is 5.56 Å². The first-order chi connectivity index (χ1) is 6.82. The van der Waals surface area contributed by atoms with Gasteiger partial charge in [0.05, 0.1) is 0 Å². The molecule has 5 nitrogen and oxygen atoms in total. The first-order valence-corrected chi connectivity index (χ1v) is 5.27. The molecule has 0 aliphatic rings. The van der Waals surface area contributed by atoms with Crippen LogP contribution in [0.2, 0.25) is 0 Å². The smallest absolute Gasteiger partial charge is 0.299 e. The summed E-state index contributed by atoms with van der Waals surface area (Å²) in [5.74, 6) is -1.81. The Balaban J connectivity index is 3.01. The van der Waals surface area contributed by atoms with Crippen molar-refractivity contribution in [3.05, 3.63) is 35.6 Å². The van der Waals surface area contributed by atoms with E-state index in [1.54, 1.807) is 0 Å². The third-order valence-electron chi connectivity index (χ3n) is 1.64. The van der Waals surface area contributed by atoms with Gasteiger partial charge in [0.2, 0.25) is 11.2 Å². The zero-order valence-corrected chi connectivity index (χ0v) is 8.11. The van der Waals surface area contributed by atoms with Crippen LogP contribution in [0.5, 0.6) is 0 Å². The van der Waals surface area contributed by atoms with E-state index in [1.807, 2.05) is 0 Å². The minimum Gasteiger partial charge on any atom is -0.369 e. The summed E-state index contributed by atoms with van der Waals surface area (Å²) in [6, 6.07) is 3.88. The molecule has 0 fully saturated rings. The second-order valence-corrected chi connectivity index (χ2v) is 4.21. The molecule has 0 bridgehead atoms. The lowest BCUT2D eigenvalue weighted by atomic mass is 10.1. The molecule has 2 N–H and O–H groups in total. The molecule has 0 saturated heterocycles. The number of carbonyl (C=O) groups excluding carboxylic acids is 1. The summed E-state index contributed by atoms with van der Waals surface area (Å²) in [6.07, 6.45) is 0. The molecule has 1 unspecified atom stereocenters. The van der Waals surface area contributed by atoms with Crippen LogP contribution in [0.4, 0.5) is 4.39 Å². The predicted octanol–water partition coefficient (Wildman–Crippen LogP) is 0.215. The van der Waals surface area contributed by atoms with Crippen molar-refractivity contribution in [3.63, 3.8) is 0 Å². The normalized spacial score (nSPS) is 13.5. The van der Waals surface area contributed by atoms with Crippen molar-refractivity contribution >= 4 is 15.9 Å². The lowest BCUT2D eigenvalue weighted by Crippen LogP contribution is -2.29. The van der Waals surface area contributed by atoms with Crippen LogP contribution in [-0.2, 0) is 10.1 Å². The zero-order chi connectivity index (χ0) is 11.6. The largest absolute Gasteiger partial charge is 0.369 e. The number of carbonyl (C=O) groups is 1. The van der Waals surface area contributed by atoms with Crippen molar-refractivity contribution in [3.8, 4) is 0 Å². The third-order valence-corrected chi connectivity index (χ3v) is 2.41. The SMILES string of the molecule is O=C(c1ccc(F)cc1)C(O)S(=O)(=O)O. The highest BCUT2D eigenvalue weighted by Gasteiger charge is 2.28. The number of rotatable bonds is 3. The third kappa shape index (κ3) is 2.82. The topological polar surface area (TPSA) is 91.7 Å². The van der Waals surface area contributed by atoms with E-state index >= 15 is 0 Å². The van der Waals surface area contributed by atoms with Crippen molar-refractivity contribution in [2.24, 2.45) is 0 Å². The number of aliphatic hydroxyl groups is 1. The van der Waals surface area contributed by atoms with Gasteiger partial charge in [-0.1, -0.05) is 0 Å². The second-order valence-electron chi connectivity index (χ2n) is 2.74. The van der Waals surface area contributed by atoms with E-state index in [0.717, 1.165) is 24.3 Å². The Morgan fingerprint density at radius 1 is 1.27 bits per heavy atom. The molecule has 0 aliphatic heterocycles. The maximum Gasteiger partial charge on any atom is 0.299 e. The molecule has 1 aromatic rings. The number of hydrogen-bond donors (Lipinski definition) is 2. The van der Waals surface area contributed by atoms with E-state index in [0.29, 0.717) is 0 Å². The molecule has 7 heteroatoms. The lowest BCUT2D eigenvalue weighted by molar-refractivity contribution is 0.0848. The highest BCUT2D eigenvalue weighted by molar-refractivity contribution is 7.87. The Kier molecular flexibility index (Phi) is 3.18. The monoisotopic (exact) mass is 234 g/mol. The van der Waals surface area contributed by atoms with Crippen LogP contribution in [0.1, 0.15) is 10.4 Å². The number of halogens is 1. The minimum atomic E-state index is -4.85. The van der Waals surface area contributed by atoms with Crippen LogP contribution in [-0.4, -0.2) is 29.3 Å². The average Bonchev–Trinajstić information content (AvgIpc) is 2.15. The van der Waals surface area contributed by atoms with E-state index in [9.17, 15) is 17.6 Å². The minimum absolute atomic E-state index is 0.207. The number of aliphatic hydroxyl groups excluding tert-OH is 1. The number of Topliss-reactive ketones (excluding diaryl/α,β-unsaturated/α-hetero) is 1. The van der Waals surface area contributed by atoms with Crippen LogP contribution < -0.4 is 0 Å². The van der Waals surface area contributed by atoms with Gasteiger partial charge in [-0.05, 0) is 24.3 Å². The molecule has 15 heavy (non-hydrogen) atoms. The molecule has 82 valence electrons. The molecule has 0 amide bonds. The summed E-state index contributed by atoms with van der Waals surface area (Å²) in [5, 5.41) is 8.90. The van der Waals surface area contributed by atoms with E-state index in [2.05, 4.69) is 0 Å². The zero-order valence-electron chi connectivity index (χ0n) is 7.29. The molecule has 1 aromatic carbocycles. The molecule has 0 heterocycles. The number of ketones is 1. The maximum atomic E-state index is 12.4. The lowest BCUT2D eigenvalue weighted by Gasteiger charge is -2.05. The Bertz CT molecular complexity index is 464.